The number of hydrogen-bond acceptors (Lipinski definition) is 6. The first kappa shape index (κ1) is 23.3. The lowest BCUT2D eigenvalue weighted by molar-refractivity contribution is -0.144. The molecule has 0 saturated heterocycles. The van der Waals surface area contributed by atoms with E-state index in [1.54, 1.807) is 34.1 Å². The molecule has 172 valence electrons. The molecule has 1 aromatic carbocycles. The number of hydrogen-bond donors (Lipinski definition) is 1. The molecule has 3 rings (SSSR count). The van der Waals surface area contributed by atoms with Gasteiger partial charge in [0.25, 0.3) is 11.6 Å². The summed E-state index contributed by atoms with van der Waals surface area (Å²) in [5.74, 6) is -0.174. The van der Waals surface area contributed by atoms with Crippen LogP contribution in [0.15, 0.2) is 18.2 Å². The Hall–Kier alpha value is -3.37. The topological polar surface area (TPSA) is 90.6 Å². The fraction of sp³-hybridized carbons (Fsp3) is 0.429. The monoisotopic (exact) mass is 451 g/mol. The molecule has 8 nitrogen and oxygen atoms in total. The first-order chi connectivity index (χ1) is 15.1. The number of carbonyl (C=O) groups excluding carboxylic acids is 1. The Balaban J connectivity index is 1.61. The number of aromatic nitrogens is 4. The van der Waals surface area contributed by atoms with Crippen LogP contribution in [0.2, 0.25) is 0 Å². The van der Waals surface area contributed by atoms with Gasteiger partial charge in [-0.15, -0.1) is 5.10 Å². The van der Waals surface area contributed by atoms with Gasteiger partial charge in [0.1, 0.15) is 11.5 Å². The largest absolute Gasteiger partial charge is 0.497 e. The number of alkyl halides is 3. The van der Waals surface area contributed by atoms with E-state index in [0.29, 0.717) is 47.8 Å². The number of fused-ring (bicyclic) bond motifs is 1. The van der Waals surface area contributed by atoms with Gasteiger partial charge < -0.3 is 14.8 Å². The number of carbonyl (C=O) groups is 1. The Morgan fingerprint density at radius 2 is 1.88 bits per heavy atom. The van der Waals surface area contributed by atoms with Crippen molar-refractivity contribution >= 4 is 11.7 Å². The second-order valence-corrected chi connectivity index (χ2v) is 7.18. The van der Waals surface area contributed by atoms with E-state index in [9.17, 15) is 18.0 Å². The first-order valence-corrected chi connectivity index (χ1v) is 9.91. The van der Waals surface area contributed by atoms with E-state index in [-0.39, 0.29) is 18.1 Å². The van der Waals surface area contributed by atoms with Crippen LogP contribution in [0.25, 0.3) is 5.78 Å². The van der Waals surface area contributed by atoms with Crippen molar-refractivity contribution in [2.45, 2.75) is 39.3 Å². The predicted octanol–water partition coefficient (Wildman–Crippen LogP) is 3.07. The minimum Gasteiger partial charge on any atom is -0.497 e. The molecule has 0 radical (unpaired) electrons. The molecule has 0 aliphatic heterocycles. The van der Waals surface area contributed by atoms with Crippen LogP contribution in [-0.4, -0.2) is 46.3 Å². The Morgan fingerprint density at radius 3 is 2.53 bits per heavy atom. The average Bonchev–Trinajstić information content (AvgIpc) is 3.18. The van der Waals surface area contributed by atoms with Crippen molar-refractivity contribution in [2.24, 2.45) is 0 Å². The number of rotatable bonds is 8. The summed E-state index contributed by atoms with van der Waals surface area (Å²) >= 11 is 0. The zero-order chi connectivity index (χ0) is 23.5. The van der Waals surface area contributed by atoms with E-state index in [2.05, 4.69) is 20.4 Å². The van der Waals surface area contributed by atoms with Gasteiger partial charge in [-0.25, -0.2) is 9.50 Å². The molecule has 2 aromatic heterocycles. The standard InChI is InChI=1S/C21H24F3N5O3/c1-12-16(13(2)29-20(26-12)27-19(28-29)21(22,23)24)7-8-18(30)25-10-9-14-5-6-15(31-3)11-17(14)32-4/h5-6,11H,7-10H2,1-4H3,(H,25,30). The summed E-state index contributed by atoms with van der Waals surface area (Å²) in [6.07, 6.45) is -3.60. The molecule has 0 aliphatic carbocycles. The van der Waals surface area contributed by atoms with E-state index in [1.807, 2.05) is 12.1 Å². The summed E-state index contributed by atoms with van der Waals surface area (Å²) < 4.78 is 50.3. The van der Waals surface area contributed by atoms with Gasteiger partial charge in [0.05, 0.1) is 14.2 Å². The second-order valence-electron chi connectivity index (χ2n) is 7.18. The van der Waals surface area contributed by atoms with E-state index < -0.39 is 12.0 Å². The van der Waals surface area contributed by atoms with Crippen molar-refractivity contribution in [1.29, 1.82) is 0 Å². The number of benzene rings is 1. The maximum atomic E-state index is 12.9. The lowest BCUT2D eigenvalue weighted by Crippen LogP contribution is -2.26. The molecule has 0 spiro atoms. The average molecular weight is 451 g/mol. The molecule has 0 fully saturated rings. The van der Waals surface area contributed by atoms with Crippen LogP contribution in [0.5, 0.6) is 11.5 Å². The highest BCUT2D eigenvalue weighted by atomic mass is 19.4. The molecule has 32 heavy (non-hydrogen) atoms. The quantitative estimate of drug-likeness (QED) is 0.566. The fourth-order valence-corrected chi connectivity index (χ4v) is 3.41. The third-order valence-corrected chi connectivity index (χ3v) is 5.12. The zero-order valence-corrected chi connectivity index (χ0v) is 18.2. The van der Waals surface area contributed by atoms with E-state index in [0.717, 1.165) is 10.1 Å². The highest BCUT2D eigenvalue weighted by Crippen LogP contribution is 2.27. The summed E-state index contributed by atoms with van der Waals surface area (Å²) in [7, 11) is 3.14. The summed E-state index contributed by atoms with van der Waals surface area (Å²) in [5.41, 5.74) is 2.60. The molecule has 2 heterocycles. The summed E-state index contributed by atoms with van der Waals surface area (Å²) in [4.78, 5) is 19.9. The summed E-state index contributed by atoms with van der Waals surface area (Å²) in [6.45, 7) is 3.73. The smallest absolute Gasteiger partial charge is 0.453 e. The minimum absolute atomic E-state index is 0.117. The Labute approximate surface area is 182 Å². The van der Waals surface area contributed by atoms with Crippen molar-refractivity contribution in [3.05, 3.63) is 46.5 Å². The van der Waals surface area contributed by atoms with Crippen molar-refractivity contribution in [2.75, 3.05) is 20.8 Å². The van der Waals surface area contributed by atoms with Gasteiger partial charge in [0, 0.05) is 30.4 Å². The normalized spacial score (nSPS) is 11.6. The van der Waals surface area contributed by atoms with Gasteiger partial charge in [0.2, 0.25) is 5.91 Å². The van der Waals surface area contributed by atoms with Gasteiger partial charge in [-0.3, -0.25) is 4.79 Å². The van der Waals surface area contributed by atoms with Crippen LogP contribution in [0.4, 0.5) is 13.2 Å². The van der Waals surface area contributed by atoms with Gasteiger partial charge in [-0.05, 0) is 43.9 Å². The highest BCUT2D eigenvalue weighted by Gasteiger charge is 2.36. The van der Waals surface area contributed by atoms with Gasteiger partial charge >= 0.3 is 6.18 Å². The third kappa shape index (κ3) is 5.09. The fourth-order valence-electron chi connectivity index (χ4n) is 3.41. The number of ether oxygens (including phenoxy) is 2. The Kier molecular flexibility index (Phi) is 6.85. The molecule has 3 aromatic rings. The molecule has 11 heteroatoms. The van der Waals surface area contributed by atoms with Gasteiger partial charge in [-0.1, -0.05) is 6.07 Å². The van der Waals surface area contributed by atoms with Crippen molar-refractivity contribution in [3.8, 4) is 11.5 Å². The van der Waals surface area contributed by atoms with Crippen molar-refractivity contribution in [1.82, 2.24) is 24.9 Å². The summed E-state index contributed by atoms with van der Waals surface area (Å²) in [5, 5.41) is 6.37. The molecule has 0 aliphatic rings. The molecular weight excluding hydrogens is 427 g/mol. The van der Waals surface area contributed by atoms with Crippen molar-refractivity contribution < 1.29 is 27.4 Å². The highest BCUT2D eigenvalue weighted by molar-refractivity contribution is 5.76. The molecule has 0 bridgehead atoms. The van der Waals surface area contributed by atoms with Gasteiger partial charge in [-0.2, -0.15) is 18.2 Å². The maximum absolute atomic E-state index is 12.9. The lowest BCUT2D eigenvalue weighted by Gasteiger charge is -2.12. The van der Waals surface area contributed by atoms with Crippen LogP contribution in [0.3, 0.4) is 0 Å². The number of halogens is 3. The predicted molar refractivity (Wildman–Crippen MR) is 110 cm³/mol. The molecular formula is C21H24F3N5O3. The molecule has 1 N–H and O–H groups in total. The minimum atomic E-state index is -4.65. The van der Waals surface area contributed by atoms with Crippen LogP contribution < -0.4 is 14.8 Å². The van der Waals surface area contributed by atoms with E-state index in [1.165, 1.54) is 0 Å². The van der Waals surface area contributed by atoms with Crippen LogP contribution in [0.1, 0.15) is 34.8 Å². The van der Waals surface area contributed by atoms with Crippen molar-refractivity contribution in [3.63, 3.8) is 0 Å². The number of nitrogens with one attached hydrogen (secondary N) is 1. The van der Waals surface area contributed by atoms with Crippen LogP contribution in [-0.2, 0) is 23.8 Å². The molecule has 1 amide bonds. The van der Waals surface area contributed by atoms with Gasteiger partial charge in [0.15, 0.2) is 0 Å². The second kappa shape index (κ2) is 9.41. The zero-order valence-electron chi connectivity index (χ0n) is 18.2. The maximum Gasteiger partial charge on any atom is 0.453 e. The van der Waals surface area contributed by atoms with E-state index >= 15 is 0 Å². The number of nitrogens with zero attached hydrogens (tertiary/aromatic N) is 4. The number of amides is 1. The number of aryl methyl sites for hydroxylation is 2. The molecule has 0 atom stereocenters. The molecule has 0 unspecified atom stereocenters. The molecule has 0 saturated carbocycles. The first-order valence-electron chi connectivity index (χ1n) is 9.91. The van der Waals surface area contributed by atoms with Crippen LogP contribution >= 0.6 is 0 Å². The third-order valence-electron chi connectivity index (χ3n) is 5.12. The Bertz CT molecular complexity index is 1130. The van der Waals surface area contributed by atoms with Crippen LogP contribution in [0, 0.1) is 13.8 Å². The van der Waals surface area contributed by atoms with E-state index in [4.69, 9.17) is 9.47 Å². The summed E-state index contributed by atoms with van der Waals surface area (Å²) in [6, 6.07) is 5.48. The number of methoxy groups -OCH3 is 2. The SMILES string of the molecule is COc1ccc(CCNC(=O)CCc2c(C)nc3nc(C(F)(F)F)nn3c2C)c(OC)c1. The Morgan fingerprint density at radius 1 is 1.12 bits per heavy atom. The lowest BCUT2D eigenvalue weighted by atomic mass is 10.1.